The maximum atomic E-state index is 12.4. The number of carbonyl (C=O) groups excluding carboxylic acids is 1. The molecular weight excluding hydrogens is 264 g/mol. The largest absolute Gasteiger partial charge is 0.497 e. The van der Waals surface area contributed by atoms with Crippen molar-refractivity contribution in [1.29, 1.82) is 0 Å². The molecule has 0 spiro atoms. The third kappa shape index (κ3) is 4.07. The van der Waals surface area contributed by atoms with E-state index in [-0.39, 0.29) is 5.91 Å². The van der Waals surface area contributed by atoms with Crippen LogP contribution in [0.4, 0.5) is 5.69 Å². The highest BCUT2D eigenvalue weighted by Gasteiger charge is 2.10. The van der Waals surface area contributed by atoms with Gasteiger partial charge in [0.15, 0.2) is 0 Å². The van der Waals surface area contributed by atoms with Gasteiger partial charge >= 0.3 is 0 Å². The summed E-state index contributed by atoms with van der Waals surface area (Å²) >= 11 is 0. The van der Waals surface area contributed by atoms with Gasteiger partial charge in [0, 0.05) is 11.3 Å². The Bertz CT molecular complexity index is 594. The zero-order chi connectivity index (χ0) is 15.1. The van der Waals surface area contributed by atoms with E-state index < -0.39 is 0 Å². The zero-order valence-electron chi connectivity index (χ0n) is 12.3. The first-order chi connectivity index (χ1) is 10.2. The molecule has 0 saturated heterocycles. The molecule has 21 heavy (non-hydrogen) atoms. The van der Waals surface area contributed by atoms with Gasteiger partial charge in [-0.25, -0.2) is 0 Å². The number of benzene rings is 2. The maximum absolute atomic E-state index is 12.4. The van der Waals surface area contributed by atoms with Crippen LogP contribution in [0, 0.1) is 0 Å². The van der Waals surface area contributed by atoms with E-state index in [9.17, 15) is 4.79 Å². The molecule has 2 aromatic rings. The van der Waals surface area contributed by atoms with Crippen LogP contribution in [-0.2, 0) is 6.42 Å². The highest BCUT2D eigenvalue weighted by Crippen LogP contribution is 2.17. The number of likely N-dealkylation sites (N-methyl/N-ethyl adjacent to an activating group) is 1. The fraction of sp³-hybridized carbons (Fsp3) is 0.235. The minimum Gasteiger partial charge on any atom is -0.497 e. The lowest BCUT2D eigenvalue weighted by Gasteiger charge is -2.10. The summed E-state index contributed by atoms with van der Waals surface area (Å²) in [6, 6.07) is 15.0. The van der Waals surface area contributed by atoms with E-state index in [1.807, 2.05) is 55.6 Å². The third-order valence-corrected chi connectivity index (χ3v) is 3.25. The van der Waals surface area contributed by atoms with Crippen LogP contribution in [-0.4, -0.2) is 26.6 Å². The highest BCUT2D eigenvalue weighted by molar-refractivity contribution is 6.05. The Kier molecular flexibility index (Phi) is 5.35. The number of carbonyl (C=O) groups is 1. The molecule has 2 N–H and O–H groups in total. The standard InChI is InChI=1S/C17H20N2O2/c1-18-12-11-13-5-3-4-6-16(13)17(20)19-14-7-9-15(21-2)10-8-14/h3-10,18H,11-12H2,1-2H3,(H,19,20). The van der Waals surface area contributed by atoms with E-state index in [0.29, 0.717) is 5.56 Å². The highest BCUT2D eigenvalue weighted by atomic mass is 16.5. The first kappa shape index (κ1) is 15.1. The van der Waals surface area contributed by atoms with Crippen molar-refractivity contribution >= 4 is 11.6 Å². The number of methoxy groups -OCH3 is 1. The second-order valence-corrected chi connectivity index (χ2v) is 4.69. The van der Waals surface area contributed by atoms with Crippen molar-refractivity contribution < 1.29 is 9.53 Å². The van der Waals surface area contributed by atoms with Crippen LogP contribution in [0.3, 0.4) is 0 Å². The van der Waals surface area contributed by atoms with E-state index in [2.05, 4.69) is 10.6 Å². The van der Waals surface area contributed by atoms with Crippen molar-refractivity contribution in [1.82, 2.24) is 5.32 Å². The summed E-state index contributed by atoms with van der Waals surface area (Å²) in [4.78, 5) is 12.4. The van der Waals surface area contributed by atoms with Gasteiger partial charge in [-0.2, -0.15) is 0 Å². The van der Waals surface area contributed by atoms with Gasteiger partial charge in [-0.15, -0.1) is 0 Å². The zero-order valence-corrected chi connectivity index (χ0v) is 12.3. The summed E-state index contributed by atoms with van der Waals surface area (Å²) in [7, 11) is 3.52. The van der Waals surface area contributed by atoms with E-state index in [4.69, 9.17) is 4.74 Å². The Morgan fingerprint density at radius 1 is 1.10 bits per heavy atom. The van der Waals surface area contributed by atoms with Crippen molar-refractivity contribution in [3.8, 4) is 5.75 Å². The molecule has 0 aliphatic heterocycles. The summed E-state index contributed by atoms with van der Waals surface area (Å²) in [6.45, 7) is 0.840. The van der Waals surface area contributed by atoms with E-state index in [1.165, 1.54) is 0 Å². The number of rotatable bonds is 6. The van der Waals surface area contributed by atoms with Crippen LogP contribution >= 0.6 is 0 Å². The topological polar surface area (TPSA) is 50.4 Å². The first-order valence-corrected chi connectivity index (χ1v) is 6.92. The van der Waals surface area contributed by atoms with Crippen molar-refractivity contribution in [3.63, 3.8) is 0 Å². The van der Waals surface area contributed by atoms with Crippen molar-refractivity contribution in [2.45, 2.75) is 6.42 Å². The molecule has 0 aliphatic rings. The van der Waals surface area contributed by atoms with Gasteiger partial charge in [0.25, 0.3) is 5.91 Å². The summed E-state index contributed by atoms with van der Waals surface area (Å²) in [5.41, 5.74) is 2.51. The Balaban J connectivity index is 2.12. The molecule has 0 unspecified atom stereocenters. The SMILES string of the molecule is CNCCc1ccccc1C(=O)Nc1ccc(OC)cc1. The van der Waals surface area contributed by atoms with Gasteiger partial charge in [-0.1, -0.05) is 18.2 Å². The minimum absolute atomic E-state index is 0.0909. The average Bonchev–Trinajstić information content (AvgIpc) is 2.54. The van der Waals surface area contributed by atoms with Gasteiger partial charge in [-0.05, 0) is 55.9 Å². The Labute approximate surface area is 125 Å². The molecule has 0 radical (unpaired) electrons. The molecule has 0 aromatic heterocycles. The fourth-order valence-electron chi connectivity index (χ4n) is 2.09. The monoisotopic (exact) mass is 284 g/mol. The Morgan fingerprint density at radius 3 is 2.48 bits per heavy atom. The second-order valence-electron chi connectivity index (χ2n) is 4.69. The maximum Gasteiger partial charge on any atom is 0.255 e. The van der Waals surface area contributed by atoms with Crippen LogP contribution in [0.1, 0.15) is 15.9 Å². The number of hydrogen-bond donors (Lipinski definition) is 2. The number of nitrogens with one attached hydrogen (secondary N) is 2. The quantitative estimate of drug-likeness (QED) is 0.857. The van der Waals surface area contributed by atoms with Crippen LogP contribution < -0.4 is 15.4 Å². The second kappa shape index (κ2) is 7.45. The predicted octanol–water partition coefficient (Wildman–Crippen LogP) is 2.71. The molecule has 0 bridgehead atoms. The molecule has 0 aliphatic carbocycles. The molecule has 2 rings (SSSR count). The number of ether oxygens (including phenoxy) is 1. The van der Waals surface area contributed by atoms with Crippen molar-refractivity contribution in [2.75, 3.05) is 26.0 Å². The van der Waals surface area contributed by atoms with E-state index in [1.54, 1.807) is 7.11 Å². The molecule has 2 aromatic carbocycles. The molecule has 4 heteroatoms. The number of anilines is 1. The molecule has 0 heterocycles. The van der Waals surface area contributed by atoms with Crippen LogP contribution in [0.15, 0.2) is 48.5 Å². The average molecular weight is 284 g/mol. The van der Waals surface area contributed by atoms with Gasteiger partial charge < -0.3 is 15.4 Å². The van der Waals surface area contributed by atoms with Crippen LogP contribution in [0.5, 0.6) is 5.75 Å². The molecule has 4 nitrogen and oxygen atoms in total. The minimum atomic E-state index is -0.0909. The van der Waals surface area contributed by atoms with E-state index in [0.717, 1.165) is 30.0 Å². The summed E-state index contributed by atoms with van der Waals surface area (Å²) in [6.07, 6.45) is 0.822. The predicted molar refractivity (Wildman–Crippen MR) is 85.0 cm³/mol. The Morgan fingerprint density at radius 2 is 1.81 bits per heavy atom. The fourth-order valence-corrected chi connectivity index (χ4v) is 2.09. The molecule has 0 fully saturated rings. The normalized spacial score (nSPS) is 10.2. The van der Waals surface area contributed by atoms with Gasteiger partial charge in [0.1, 0.15) is 5.75 Å². The molecule has 0 saturated carbocycles. The lowest BCUT2D eigenvalue weighted by molar-refractivity contribution is 0.102. The van der Waals surface area contributed by atoms with E-state index >= 15 is 0 Å². The number of amides is 1. The molecule has 110 valence electrons. The first-order valence-electron chi connectivity index (χ1n) is 6.92. The van der Waals surface area contributed by atoms with Crippen molar-refractivity contribution in [3.05, 3.63) is 59.7 Å². The molecular formula is C17H20N2O2. The summed E-state index contributed by atoms with van der Waals surface area (Å²) in [5, 5.41) is 6.01. The molecule has 1 amide bonds. The summed E-state index contributed by atoms with van der Waals surface area (Å²) in [5.74, 6) is 0.675. The summed E-state index contributed by atoms with van der Waals surface area (Å²) < 4.78 is 5.10. The third-order valence-electron chi connectivity index (χ3n) is 3.25. The van der Waals surface area contributed by atoms with Crippen LogP contribution in [0.25, 0.3) is 0 Å². The van der Waals surface area contributed by atoms with Crippen molar-refractivity contribution in [2.24, 2.45) is 0 Å². The Hall–Kier alpha value is -2.33. The van der Waals surface area contributed by atoms with Gasteiger partial charge in [0.2, 0.25) is 0 Å². The van der Waals surface area contributed by atoms with Crippen LogP contribution in [0.2, 0.25) is 0 Å². The van der Waals surface area contributed by atoms with Gasteiger partial charge in [0.05, 0.1) is 7.11 Å². The lowest BCUT2D eigenvalue weighted by atomic mass is 10.0. The molecule has 0 atom stereocenters. The number of hydrogen-bond acceptors (Lipinski definition) is 3. The van der Waals surface area contributed by atoms with Gasteiger partial charge in [-0.3, -0.25) is 4.79 Å². The smallest absolute Gasteiger partial charge is 0.255 e. The lowest BCUT2D eigenvalue weighted by Crippen LogP contribution is -2.17.